The molecule has 2 unspecified atom stereocenters. The van der Waals surface area contributed by atoms with Gasteiger partial charge in [0.25, 0.3) is 0 Å². The van der Waals surface area contributed by atoms with Crippen molar-refractivity contribution in [3.63, 3.8) is 0 Å². The number of ether oxygens (including phenoxy) is 1. The lowest BCUT2D eigenvalue weighted by atomic mass is 10.0. The zero-order valence-corrected chi connectivity index (χ0v) is 10.9. The van der Waals surface area contributed by atoms with E-state index in [9.17, 15) is 0 Å². The van der Waals surface area contributed by atoms with Gasteiger partial charge in [0.05, 0.1) is 0 Å². The molecule has 0 radical (unpaired) electrons. The van der Waals surface area contributed by atoms with Crippen molar-refractivity contribution in [1.29, 1.82) is 0 Å². The average molecular weight is 227 g/mol. The van der Waals surface area contributed by atoms with Gasteiger partial charge in [-0.05, 0) is 31.6 Å². The zero-order chi connectivity index (χ0) is 11.6. The number of rotatable bonds is 9. The minimum atomic E-state index is 0.452. The Morgan fingerprint density at radius 2 is 1.88 bits per heavy atom. The molecule has 1 fully saturated rings. The van der Waals surface area contributed by atoms with Gasteiger partial charge in [-0.15, -0.1) is 0 Å². The van der Waals surface area contributed by atoms with E-state index in [-0.39, 0.29) is 0 Å². The summed E-state index contributed by atoms with van der Waals surface area (Å²) in [5.41, 5.74) is 6.02. The fourth-order valence-electron chi connectivity index (χ4n) is 2.57. The fraction of sp³-hybridized carbons (Fsp3) is 1.00. The minimum Gasteiger partial charge on any atom is -0.381 e. The molecule has 96 valence electrons. The predicted molar refractivity (Wildman–Crippen MR) is 69.5 cm³/mol. The molecule has 0 amide bonds. The second-order valence-corrected chi connectivity index (χ2v) is 5.17. The van der Waals surface area contributed by atoms with Gasteiger partial charge in [0.2, 0.25) is 0 Å². The average Bonchev–Trinajstić information content (AvgIpc) is 2.68. The Labute approximate surface area is 101 Å². The molecule has 0 heterocycles. The standard InChI is InChI=1S/C14H29NO/c1-2-3-4-5-6-11-16-12-10-13-8-7-9-14(13)15/h13-14H,2-12,15H2,1H3. The van der Waals surface area contributed by atoms with E-state index in [4.69, 9.17) is 10.5 Å². The highest BCUT2D eigenvalue weighted by molar-refractivity contribution is 4.79. The molecular weight excluding hydrogens is 198 g/mol. The van der Waals surface area contributed by atoms with Crippen molar-refractivity contribution >= 4 is 0 Å². The van der Waals surface area contributed by atoms with Crippen LogP contribution in [0.2, 0.25) is 0 Å². The Balaban J connectivity index is 1.81. The molecule has 2 atom stereocenters. The second kappa shape index (κ2) is 9.00. The van der Waals surface area contributed by atoms with Gasteiger partial charge < -0.3 is 10.5 Å². The maximum atomic E-state index is 6.02. The van der Waals surface area contributed by atoms with Crippen molar-refractivity contribution in [2.45, 2.75) is 70.8 Å². The number of unbranched alkanes of at least 4 members (excludes halogenated alkanes) is 4. The summed E-state index contributed by atoms with van der Waals surface area (Å²) in [4.78, 5) is 0. The first-order valence-corrected chi connectivity index (χ1v) is 7.18. The smallest absolute Gasteiger partial charge is 0.0469 e. The van der Waals surface area contributed by atoms with Crippen molar-refractivity contribution in [2.24, 2.45) is 11.7 Å². The largest absolute Gasteiger partial charge is 0.381 e. The number of hydrogen-bond acceptors (Lipinski definition) is 2. The molecule has 0 aromatic heterocycles. The Kier molecular flexibility index (Phi) is 7.87. The third-order valence-corrected chi connectivity index (χ3v) is 3.74. The van der Waals surface area contributed by atoms with E-state index in [1.807, 2.05) is 0 Å². The van der Waals surface area contributed by atoms with Crippen molar-refractivity contribution < 1.29 is 4.74 Å². The van der Waals surface area contributed by atoms with Crippen LogP contribution < -0.4 is 5.73 Å². The monoisotopic (exact) mass is 227 g/mol. The van der Waals surface area contributed by atoms with Crippen molar-refractivity contribution in [2.75, 3.05) is 13.2 Å². The molecule has 2 nitrogen and oxygen atoms in total. The highest BCUT2D eigenvalue weighted by Gasteiger charge is 2.22. The Morgan fingerprint density at radius 3 is 2.56 bits per heavy atom. The number of nitrogens with two attached hydrogens (primary N) is 1. The van der Waals surface area contributed by atoms with Crippen molar-refractivity contribution in [3.05, 3.63) is 0 Å². The van der Waals surface area contributed by atoms with E-state index in [1.54, 1.807) is 0 Å². The molecule has 16 heavy (non-hydrogen) atoms. The van der Waals surface area contributed by atoms with Gasteiger partial charge in [0.1, 0.15) is 0 Å². The predicted octanol–water partition coefficient (Wildman–Crippen LogP) is 3.49. The van der Waals surface area contributed by atoms with Crippen molar-refractivity contribution in [3.8, 4) is 0 Å². The maximum Gasteiger partial charge on any atom is 0.0469 e. The van der Waals surface area contributed by atoms with Crippen LogP contribution in [-0.2, 0) is 4.74 Å². The third-order valence-electron chi connectivity index (χ3n) is 3.74. The van der Waals surface area contributed by atoms with Crippen LogP contribution in [0.3, 0.4) is 0 Å². The van der Waals surface area contributed by atoms with E-state index < -0.39 is 0 Å². The Bertz CT molecular complexity index is 161. The lowest BCUT2D eigenvalue weighted by Gasteiger charge is -2.14. The maximum absolute atomic E-state index is 6.02. The van der Waals surface area contributed by atoms with E-state index >= 15 is 0 Å². The van der Waals surface area contributed by atoms with Gasteiger partial charge in [-0.25, -0.2) is 0 Å². The Hall–Kier alpha value is -0.0800. The van der Waals surface area contributed by atoms with Crippen LogP contribution in [0.25, 0.3) is 0 Å². The normalized spacial score (nSPS) is 25.1. The van der Waals surface area contributed by atoms with Crippen LogP contribution in [0.1, 0.15) is 64.7 Å². The van der Waals surface area contributed by atoms with Crippen LogP contribution in [0, 0.1) is 5.92 Å². The molecule has 0 aromatic carbocycles. The first kappa shape index (κ1) is 14.0. The Morgan fingerprint density at radius 1 is 1.06 bits per heavy atom. The molecule has 1 aliphatic carbocycles. The van der Waals surface area contributed by atoms with E-state index in [1.165, 1.54) is 57.8 Å². The van der Waals surface area contributed by atoms with Gasteiger partial charge >= 0.3 is 0 Å². The van der Waals surface area contributed by atoms with E-state index in [0.717, 1.165) is 19.1 Å². The van der Waals surface area contributed by atoms with Crippen LogP contribution >= 0.6 is 0 Å². The molecule has 0 aliphatic heterocycles. The van der Waals surface area contributed by atoms with Crippen LogP contribution in [0.4, 0.5) is 0 Å². The van der Waals surface area contributed by atoms with Crippen LogP contribution in [-0.4, -0.2) is 19.3 Å². The molecular formula is C14H29NO. The zero-order valence-electron chi connectivity index (χ0n) is 10.9. The summed E-state index contributed by atoms with van der Waals surface area (Å²) in [6.45, 7) is 4.12. The van der Waals surface area contributed by atoms with Gasteiger partial charge in [0, 0.05) is 19.3 Å². The topological polar surface area (TPSA) is 35.2 Å². The highest BCUT2D eigenvalue weighted by atomic mass is 16.5. The molecule has 1 saturated carbocycles. The molecule has 0 aromatic rings. The van der Waals surface area contributed by atoms with E-state index in [0.29, 0.717) is 6.04 Å². The van der Waals surface area contributed by atoms with Crippen molar-refractivity contribution in [1.82, 2.24) is 0 Å². The first-order chi connectivity index (χ1) is 7.84. The third kappa shape index (κ3) is 5.86. The number of hydrogen-bond donors (Lipinski definition) is 1. The summed E-state index contributed by atoms with van der Waals surface area (Å²) < 4.78 is 5.67. The summed E-state index contributed by atoms with van der Waals surface area (Å²) >= 11 is 0. The molecule has 0 spiro atoms. The lowest BCUT2D eigenvalue weighted by molar-refractivity contribution is 0.115. The summed E-state index contributed by atoms with van der Waals surface area (Å²) in [6.07, 6.45) is 11.7. The van der Waals surface area contributed by atoms with E-state index in [2.05, 4.69) is 6.92 Å². The second-order valence-electron chi connectivity index (χ2n) is 5.17. The molecule has 0 bridgehead atoms. The van der Waals surface area contributed by atoms with Gasteiger partial charge in [0.15, 0.2) is 0 Å². The fourth-order valence-corrected chi connectivity index (χ4v) is 2.57. The molecule has 1 aliphatic rings. The molecule has 2 N–H and O–H groups in total. The van der Waals surface area contributed by atoms with Gasteiger partial charge in [-0.2, -0.15) is 0 Å². The van der Waals surface area contributed by atoms with Crippen LogP contribution in [0.15, 0.2) is 0 Å². The first-order valence-electron chi connectivity index (χ1n) is 7.18. The van der Waals surface area contributed by atoms with Gasteiger partial charge in [-0.1, -0.05) is 39.0 Å². The quantitative estimate of drug-likeness (QED) is 0.612. The van der Waals surface area contributed by atoms with Gasteiger partial charge in [-0.3, -0.25) is 0 Å². The SMILES string of the molecule is CCCCCCCOCCC1CCCC1N. The molecule has 2 heteroatoms. The van der Waals surface area contributed by atoms with Crippen LogP contribution in [0.5, 0.6) is 0 Å². The summed E-state index contributed by atoms with van der Waals surface area (Å²) in [5.74, 6) is 0.736. The lowest BCUT2D eigenvalue weighted by Crippen LogP contribution is -2.25. The highest BCUT2D eigenvalue weighted by Crippen LogP contribution is 2.26. The summed E-state index contributed by atoms with van der Waals surface area (Å²) in [6, 6.07) is 0.452. The molecule has 0 saturated heterocycles. The summed E-state index contributed by atoms with van der Waals surface area (Å²) in [7, 11) is 0. The molecule has 1 rings (SSSR count). The summed E-state index contributed by atoms with van der Waals surface area (Å²) in [5, 5.41) is 0. The minimum absolute atomic E-state index is 0.452.